The molecule has 0 aromatic carbocycles. The number of rotatable bonds is 1. The minimum absolute atomic E-state index is 0.0482. The molecule has 82 valence electrons. The molecule has 2 aliphatic rings. The summed E-state index contributed by atoms with van der Waals surface area (Å²) in [5.41, 5.74) is 1.17. The van der Waals surface area contributed by atoms with E-state index in [-0.39, 0.29) is 5.60 Å². The van der Waals surface area contributed by atoms with Gasteiger partial charge in [0.15, 0.2) is 0 Å². The normalized spacial score (nSPS) is 29.0. The number of nitrogens with zero attached hydrogens (tertiary/aromatic N) is 2. The van der Waals surface area contributed by atoms with E-state index >= 15 is 0 Å². The second-order valence-corrected chi connectivity index (χ2v) is 4.57. The zero-order valence-corrected chi connectivity index (χ0v) is 9.07. The lowest BCUT2D eigenvalue weighted by molar-refractivity contribution is -0.147. The summed E-state index contributed by atoms with van der Waals surface area (Å²) in [7, 11) is 1.96. The van der Waals surface area contributed by atoms with Crippen molar-refractivity contribution < 1.29 is 4.74 Å². The molecule has 1 spiro atoms. The van der Waals surface area contributed by atoms with Crippen LogP contribution in [0, 0.1) is 0 Å². The van der Waals surface area contributed by atoms with Crippen molar-refractivity contribution in [1.29, 1.82) is 0 Å². The lowest BCUT2D eigenvalue weighted by Crippen LogP contribution is -2.56. The number of hydrogen-bond acceptors (Lipinski definition) is 3. The average molecular weight is 207 g/mol. The fourth-order valence-corrected chi connectivity index (χ4v) is 2.65. The van der Waals surface area contributed by atoms with Crippen molar-refractivity contribution in [1.82, 2.24) is 15.1 Å². The molecule has 2 fully saturated rings. The predicted molar refractivity (Wildman–Crippen MR) is 56.5 cm³/mol. The Morgan fingerprint density at radius 1 is 1.60 bits per heavy atom. The number of aryl methyl sites for hydroxylation is 1. The molecule has 15 heavy (non-hydrogen) atoms. The maximum absolute atomic E-state index is 5.97. The van der Waals surface area contributed by atoms with E-state index in [0.717, 1.165) is 18.8 Å². The number of ether oxygens (including phenoxy) is 1. The Labute approximate surface area is 89.6 Å². The van der Waals surface area contributed by atoms with E-state index in [0.29, 0.717) is 6.04 Å². The third-order valence-electron chi connectivity index (χ3n) is 3.60. The average Bonchev–Trinajstić information content (AvgIpc) is 2.62. The Balaban J connectivity index is 1.89. The van der Waals surface area contributed by atoms with Gasteiger partial charge in [0.2, 0.25) is 0 Å². The van der Waals surface area contributed by atoms with E-state index < -0.39 is 0 Å². The highest BCUT2D eigenvalue weighted by atomic mass is 16.5. The van der Waals surface area contributed by atoms with Crippen LogP contribution in [-0.4, -0.2) is 28.5 Å². The third kappa shape index (κ3) is 1.40. The lowest BCUT2D eigenvalue weighted by Gasteiger charge is -2.49. The van der Waals surface area contributed by atoms with Crippen molar-refractivity contribution in [2.24, 2.45) is 7.05 Å². The van der Waals surface area contributed by atoms with Crippen LogP contribution in [0.4, 0.5) is 0 Å². The maximum Gasteiger partial charge on any atom is 0.0893 e. The van der Waals surface area contributed by atoms with E-state index in [1.807, 2.05) is 17.9 Å². The van der Waals surface area contributed by atoms with Crippen molar-refractivity contribution in [2.75, 3.05) is 13.2 Å². The molecule has 0 bridgehead atoms. The van der Waals surface area contributed by atoms with E-state index in [2.05, 4.69) is 16.5 Å². The van der Waals surface area contributed by atoms with Crippen LogP contribution in [0.3, 0.4) is 0 Å². The number of aromatic nitrogens is 2. The zero-order chi connectivity index (χ0) is 10.3. The van der Waals surface area contributed by atoms with Crippen LogP contribution in [-0.2, 0) is 11.8 Å². The number of nitrogens with one attached hydrogen (secondary N) is 1. The summed E-state index contributed by atoms with van der Waals surface area (Å²) in [5, 5.41) is 8.03. The highest BCUT2D eigenvalue weighted by molar-refractivity contribution is 5.16. The van der Waals surface area contributed by atoms with Gasteiger partial charge in [-0.15, -0.1) is 0 Å². The molecule has 1 saturated carbocycles. The predicted octanol–water partition coefficient (Wildman–Crippen LogP) is 1.00. The molecule has 1 saturated heterocycles. The van der Waals surface area contributed by atoms with Gasteiger partial charge in [-0.1, -0.05) is 0 Å². The van der Waals surface area contributed by atoms with Crippen molar-refractivity contribution in [3.63, 3.8) is 0 Å². The standard InChI is InChI=1S/C11H17N3O/c1-14-7-3-9(13-14)10-11(4-2-5-11)15-8-6-12-10/h3,7,10,12H,2,4-6,8H2,1H3. The molecule has 1 aromatic rings. The fourth-order valence-electron chi connectivity index (χ4n) is 2.65. The smallest absolute Gasteiger partial charge is 0.0893 e. The molecule has 1 N–H and O–H groups in total. The van der Waals surface area contributed by atoms with E-state index in [9.17, 15) is 0 Å². The zero-order valence-electron chi connectivity index (χ0n) is 9.07. The summed E-state index contributed by atoms with van der Waals surface area (Å²) in [6.07, 6.45) is 5.62. The molecule has 3 rings (SSSR count). The number of hydrogen-bond donors (Lipinski definition) is 1. The first-order valence-corrected chi connectivity index (χ1v) is 5.67. The summed E-state index contributed by atoms with van der Waals surface area (Å²) in [5.74, 6) is 0. The Hall–Kier alpha value is -0.870. The van der Waals surface area contributed by atoms with Crippen LogP contribution < -0.4 is 5.32 Å². The second kappa shape index (κ2) is 3.32. The highest BCUT2D eigenvalue weighted by Gasteiger charge is 2.48. The Kier molecular flexibility index (Phi) is 2.07. The van der Waals surface area contributed by atoms with Gasteiger partial charge in [0.25, 0.3) is 0 Å². The molecule has 1 aliphatic carbocycles. The van der Waals surface area contributed by atoms with Gasteiger partial charge in [0, 0.05) is 19.8 Å². The molecule has 0 radical (unpaired) electrons. The molecule has 0 amide bonds. The molecule has 1 aliphatic heterocycles. The van der Waals surface area contributed by atoms with Crippen molar-refractivity contribution in [3.05, 3.63) is 18.0 Å². The van der Waals surface area contributed by atoms with Gasteiger partial charge in [0.1, 0.15) is 0 Å². The first-order valence-electron chi connectivity index (χ1n) is 5.67. The molecule has 1 unspecified atom stereocenters. The van der Waals surface area contributed by atoms with Gasteiger partial charge in [-0.05, 0) is 25.3 Å². The SMILES string of the molecule is Cn1ccc(C2NCCOC23CCC3)n1. The molecule has 4 heteroatoms. The van der Waals surface area contributed by atoms with Gasteiger partial charge in [-0.2, -0.15) is 5.10 Å². The topological polar surface area (TPSA) is 39.1 Å². The minimum atomic E-state index is 0.0482. The van der Waals surface area contributed by atoms with Crippen molar-refractivity contribution in [3.8, 4) is 0 Å². The minimum Gasteiger partial charge on any atom is -0.372 e. The summed E-state index contributed by atoms with van der Waals surface area (Å²) < 4.78 is 7.83. The quantitative estimate of drug-likeness (QED) is 0.747. The van der Waals surface area contributed by atoms with E-state index in [1.54, 1.807) is 0 Å². The van der Waals surface area contributed by atoms with Gasteiger partial charge in [-0.25, -0.2) is 0 Å². The largest absolute Gasteiger partial charge is 0.372 e. The lowest BCUT2D eigenvalue weighted by atomic mass is 9.72. The molecule has 4 nitrogen and oxygen atoms in total. The van der Waals surface area contributed by atoms with Crippen LogP contribution >= 0.6 is 0 Å². The van der Waals surface area contributed by atoms with Gasteiger partial charge >= 0.3 is 0 Å². The van der Waals surface area contributed by atoms with Gasteiger partial charge in [-0.3, -0.25) is 4.68 Å². The fraction of sp³-hybridized carbons (Fsp3) is 0.727. The highest BCUT2D eigenvalue weighted by Crippen LogP contribution is 2.46. The summed E-state index contributed by atoms with van der Waals surface area (Å²) >= 11 is 0. The Bertz CT molecular complexity index is 356. The Morgan fingerprint density at radius 2 is 2.47 bits per heavy atom. The molecular formula is C11H17N3O. The summed E-state index contributed by atoms with van der Waals surface area (Å²) in [6, 6.07) is 2.38. The van der Waals surface area contributed by atoms with Crippen LogP contribution in [0.25, 0.3) is 0 Å². The first-order chi connectivity index (χ1) is 7.30. The van der Waals surface area contributed by atoms with Gasteiger partial charge in [0.05, 0.1) is 23.9 Å². The third-order valence-corrected chi connectivity index (χ3v) is 3.60. The van der Waals surface area contributed by atoms with Gasteiger partial charge < -0.3 is 10.1 Å². The van der Waals surface area contributed by atoms with E-state index in [1.165, 1.54) is 19.3 Å². The maximum atomic E-state index is 5.97. The Morgan fingerprint density at radius 3 is 3.07 bits per heavy atom. The molecule has 2 heterocycles. The molecule has 1 aromatic heterocycles. The van der Waals surface area contributed by atoms with Crippen molar-refractivity contribution in [2.45, 2.75) is 30.9 Å². The van der Waals surface area contributed by atoms with E-state index in [4.69, 9.17) is 4.74 Å². The second-order valence-electron chi connectivity index (χ2n) is 4.57. The summed E-state index contributed by atoms with van der Waals surface area (Å²) in [6.45, 7) is 1.77. The van der Waals surface area contributed by atoms with Crippen molar-refractivity contribution >= 4 is 0 Å². The molecular weight excluding hydrogens is 190 g/mol. The van der Waals surface area contributed by atoms with Crippen LogP contribution in [0.15, 0.2) is 12.3 Å². The summed E-state index contributed by atoms with van der Waals surface area (Å²) in [4.78, 5) is 0. The molecule has 1 atom stereocenters. The first kappa shape index (κ1) is 9.36. The van der Waals surface area contributed by atoms with Crippen LogP contribution in [0.1, 0.15) is 31.0 Å². The van der Waals surface area contributed by atoms with Crippen LogP contribution in [0.5, 0.6) is 0 Å². The van der Waals surface area contributed by atoms with Crippen LogP contribution in [0.2, 0.25) is 0 Å². The number of morpholine rings is 1. The monoisotopic (exact) mass is 207 g/mol.